The van der Waals surface area contributed by atoms with Crippen molar-refractivity contribution in [3.63, 3.8) is 0 Å². The summed E-state index contributed by atoms with van der Waals surface area (Å²) in [5.74, 6) is -0.230. The molecule has 1 amide bonds. The maximum atomic E-state index is 12.3. The van der Waals surface area contributed by atoms with Gasteiger partial charge in [-0.3, -0.25) is 9.59 Å². The summed E-state index contributed by atoms with van der Waals surface area (Å²) in [5, 5.41) is 7.02. The Balaban J connectivity index is 1.97. The molecule has 0 radical (unpaired) electrons. The van der Waals surface area contributed by atoms with E-state index in [0.29, 0.717) is 22.4 Å². The molecule has 0 aliphatic heterocycles. The van der Waals surface area contributed by atoms with Crippen LogP contribution in [0.1, 0.15) is 27.8 Å². The molecule has 1 N–H and O–H groups in total. The van der Waals surface area contributed by atoms with Crippen LogP contribution in [0.4, 0.5) is 5.69 Å². The van der Waals surface area contributed by atoms with E-state index in [1.54, 1.807) is 31.2 Å². The van der Waals surface area contributed by atoms with E-state index in [4.69, 9.17) is 9.15 Å². The smallest absolute Gasteiger partial charge is 0.361 e. The highest BCUT2D eigenvalue weighted by molar-refractivity contribution is 6.05. The molecule has 8 nitrogen and oxygen atoms in total. The molecule has 2 aromatic heterocycles. The van der Waals surface area contributed by atoms with Gasteiger partial charge in [0.05, 0.1) is 18.2 Å². The lowest BCUT2D eigenvalue weighted by atomic mass is 10.2. The third kappa shape index (κ3) is 3.01. The molecule has 0 atom stereocenters. The minimum Gasteiger partial charge on any atom is -0.497 e. The Morgan fingerprint density at radius 2 is 1.92 bits per heavy atom. The number of methoxy groups -OCH3 is 1. The molecule has 3 rings (SSSR count). The van der Waals surface area contributed by atoms with Crippen molar-refractivity contribution < 1.29 is 18.7 Å². The first-order chi connectivity index (χ1) is 11.9. The number of nitrogens with zero attached hydrogens (tertiary/aromatic N) is 2. The minimum atomic E-state index is -0.767. The maximum Gasteiger partial charge on any atom is 0.361 e. The standard InChI is InChI=1S/C17H15N3O5/c1-9-13-8-14(17(23)25-16(13)20(19-9)10(2)21)18-15(22)11-4-6-12(24-3)7-5-11/h4-8H,1-3H3,(H,18,22). The molecule has 2 heterocycles. The molecule has 0 aliphatic rings. The number of hydrogen-bond acceptors (Lipinski definition) is 6. The molecule has 128 valence electrons. The van der Waals surface area contributed by atoms with Gasteiger partial charge >= 0.3 is 5.63 Å². The van der Waals surface area contributed by atoms with E-state index < -0.39 is 11.5 Å². The Hall–Kier alpha value is -3.42. The highest BCUT2D eigenvalue weighted by atomic mass is 16.5. The summed E-state index contributed by atoms with van der Waals surface area (Å²) in [6, 6.07) is 7.88. The third-order valence-electron chi connectivity index (χ3n) is 3.66. The summed E-state index contributed by atoms with van der Waals surface area (Å²) in [5.41, 5.74) is 0.124. The first kappa shape index (κ1) is 16.4. The fraction of sp³-hybridized carbons (Fsp3) is 0.176. The van der Waals surface area contributed by atoms with Crippen molar-refractivity contribution in [2.45, 2.75) is 13.8 Å². The number of aryl methyl sites for hydroxylation is 1. The molecular weight excluding hydrogens is 326 g/mol. The van der Waals surface area contributed by atoms with E-state index in [0.717, 1.165) is 4.68 Å². The molecular formula is C17H15N3O5. The van der Waals surface area contributed by atoms with Gasteiger partial charge in [-0.05, 0) is 37.3 Å². The zero-order valence-electron chi connectivity index (χ0n) is 13.8. The Bertz CT molecular complexity index is 1030. The fourth-order valence-electron chi connectivity index (χ4n) is 2.37. The van der Waals surface area contributed by atoms with Crippen LogP contribution in [0, 0.1) is 6.92 Å². The average molecular weight is 341 g/mol. The second kappa shape index (κ2) is 6.23. The van der Waals surface area contributed by atoms with Gasteiger partial charge < -0.3 is 14.5 Å². The number of nitrogens with one attached hydrogen (secondary N) is 1. The van der Waals surface area contributed by atoms with Crippen molar-refractivity contribution in [1.82, 2.24) is 9.78 Å². The summed E-state index contributed by atoms with van der Waals surface area (Å²) in [7, 11) is 1.53. The molecule has 0 bridgehead atoms. The topological polar surface area (TPSA) is 103 Å². The molecule has 0 saturated heterocycles. The number of hydrogen-bond donors (Lipinski definition) is 1. The predicted octanol–water partition coefficient (Wildman–Crippen LogP) is 2.22. The summed E-state index contributed by atoms with van der Waals surface area (Å²) in [6.07, 6.45) is 0. The quantitative estimate of drug-likeness (QED) is 0.783. The molecule has 3 aromatic rings. The van der Waals surface area contributed by atoms with Crippen molar-refractivity contribution in [3.05, 3.63) is 52.0 Å². The zero-order valence-corrected chi connectivity index (χ0v) is 13.8. The van der Waals surface area contributed by atoms with Crippen LogP contribution in [0.25, 0.3) is 11.1 Å². The second-order valence-electron chi connectivity index (χ2n) is 5.37. The molecule has 0 aliphatic carbocycles. The van der Waals surface area contributed by atoms with Gasteiger partial charge in [-0.25, -0.2) is 4.79 Å². The van der Waals surface area contributed by atoms with Gasteiger partial charge in [0.2, 0.25) is 11.6 Å². The van der Waals surface area contributed by atoms with E-state index in [2.05, 4.69) is 10.4 Å². The van der Waals surface area contributed by atoms with Crippen LogP contribution < -0.4 is 15.7 Å². The number of carbonyl (C=O) groups excluding carboxylic acids is 2. The first-order valence-electron chi connectivity index (χ1n) is 7.40. The number of rotatable bonds is 3. The normalized spacial score (nSPS) is 10.7. The van der Waals surface area contributed by atoms with E-state index in [1.807, 2.05) is 0 Å². The Morgan fingerprint density at radius 3 is 2.52 bits per heavy atom. The second-order valence-corrected chi connectivity index (χ2v) is 5.37. The van der Waals surface area contributed by atoms with Crippen LogP contribution >= 0.6 is 0 Å². The van der Waals surface area contributed by atoms with Crippen LogP contribution in [0.3, 0.4) is 0 Å². The number of aromatic nitrogens is 2. The number of carbonyl (C=O) groups is 2. The van der Waals surface area contributed by atoms with Gasteiger partial charge in [0.1, 0.15) is 11.4 Å². The minimum absolute atomic E-state index is 0.0282. The summed E-state index contributed by atoms with van der Waals surface area (Å²) >= 11 is 0. The van der Waals surface area contributed by atoms with Crippen LogP contribution in [-0.2, 0) is 0 Å². The average Bonchev–Trinajstić information content (AvgIpc) is 2.91. The van der Waals surface area contributed by atoms with Crippen LogP contribution in [0.5, 0.6) is 5.75 Å². The van der Waals surface area contributed by atoms with Crippen molar-refractivity contribution >= 4 is 28.6 Å². The lowest BCUT2D eigenvalue weighted by Gasteiger charge is -2.05. The van der Waals surface area contributed by atoms with Gasteiger partial charge in [0.15, 0.2) is 0 Å². The number of anilines is 1. The highest BCUT2D eigenvalue weighted by Crippen LogP contribution is 2.20. The third-order valence-corrected chi connectivity index (χ3v) is 3.66. The van der Waals surface area contributed by atoms with Crippen LogP contribution in [0.2, 0.25) is 0 Å². The molecule has 1 aromatic carbocycles. The van der Waals surface area contributed by atoms with Crippen LogP contribution in [0.15, 0.2) is 39.5 Å². The van der Waals surface area contributed by atoms with Crippen molar-refractivity contribution in [1.29, 1.82) is 0 Å². The summed E-state index contributed by atoms with van der Waals surface area (Å²) < 4.78 is 11.2. The van der Waals surface area contributed by atoms with E-state index >= 15 is 0 Å². The van der Waals surface area contributed by atoms with Gasteiger partial charge in [-0.2, -0.15) is 9.78 Å². The lowest BCUT2D eigenvalue weighted by molar-refractivity contribution is 0.0921. The summed E-state index contributed by atoms with van der Waals surface area (Å²) in [6.45, 7) is 2.99. The molecule has 8 heteroatoms. The van der Waals surface area contributed by atoms with E-state index in [-0.39, 0.29) is 17.3 Å². The van der Waals surface area contributed by atoms with E-state index in [9.17, 15) is 14.4 Å². The Kier molecular flexibility index (Phi) is 4.10. The maximum absolute atomic E-state index is 12.3. The van der Waals surface area contributed by atoms with E-state index in [1.165, 1.54) is 20.1 Å². The fourth-order valence-corrected chi connectivity index (χ4v) is 2.37. The molecule has 25 heavy (non-hydrogen) atoms. The number of ether oxygens (including phenoxy) is 1. The van der Waals surface area contributed by atoms with Gasteiger partial charge in [-0.1, -0.05) is 0 Å². The Labute approximate surface area is 142 Å². The number of fused-ring (bicyclic) bond motifs is 1. The Morgan fingerprint density at radius 1 is 1.24 bits per heavy atom. The summed E-state index contributed by atoms with van der Waals surface area (Å²) in [4.78, 5) is 36.0. The SMILES string of the molecule is COc1ccc(C(=O)Nc2cc3c(C)nn(C(C)=O)c3oc2=O)cc1. The van der Waals surface area contributed by atoms with Crippen molar-refractivity contribution in [3.8, 4) is 5.75 Å². The molecule has 0 unspecified atom stereocenters. The largest absolute Gasteiger partial charge is 0.497 e. The zero-order chi connectivity index (χ0) is 18.1. The highest BCUT2D eigenvalue weighted by Gasteiger charge is 2.17. The molecule has 0 fully saturated rings. The molecule has 0 saturated carbocycles. The van der Waals surface area contributed by atoms with Crippen molar-refractivity contribution in [2.24, 2.45) is 0 Å². The number of benzene rings is 1. The first-order valence-corrected chi connectivity index (χ1v) is 7.40. The predicted molar refractivity (Wildman–Crippen MR) is 90.3 cm³/mol. The van der Waals surface area contributed by atoms with Crippen LogP contribution in [-0.4, -0.2) is 28.7 Å². The van der Waals surface area contributed by atoms with Gasteiger partial charge in [0.25, 0.3) is 5.91 Å². The number of amides is 1. The van der Waals surface area contributed by atoms with Gasteiger partial charge in [-0.15, -0.1) is 0 Å². The lowest BCUT2D eigenvalue weighted by Crippen LogP contribution is -2.18. The van der Waals surface area contributed by atoms with Crippen molar-refractivity contribution in [2.75, 3.05) is 12.4 Å². The van der Waals surface area contributed by atoms with Gasteiger partial charge in [0, 0.05) is 12.5 Å². The monoisotopic (exact) mass is 341 g/mol. The molecule has 0 spiro atoms.